The topological polar surface area (TPSA) is 228 Å². The van der Waals surface area contributed by atoms with Gasteiger partial charge in [0, 0.05) is 35.9 Å². The Morgan fingerprint density at radius 2 is 2.21 bits per heavy atom. The number of thioether (sulfide) groups is 1. The number of nitrogens with one attached hydrogen (secondary N) is 1. The maximum atomic E-state index is 13.2. The third-order valence-corrected chi connectivity index (χ3v) is 8.56. The van der Waals surface area contributed by atoms with E-state index in [9.17, 15) is 24.6 Å². The van der Waals surface area contributed by atoms with Crippen LogP contribution in [0.25, 0.3) is 11.2 Å². The minimum Gasteiger partial charge on any atom is -0.477 e. The summed E-state index contributed by atoms with van der Waals surface area (Å²) in [5, 5.41) is 25.9. The van der Waals surface area contributed by atoms with Gasteiger partial charge in [0.15, 0.2) is 5.13 Å². The number of rotatable bonds is 12. The highest BCUT2D eigenvalue weighted by Gasteiger charge is 2.54. The second kappa shape index (κ2) is 12.4. The molecule has 0 aliphatic carbocycles. The summed E-state index contributed by atoms with van der Waals surface area (Å²) in [5.41, 5.74) is 12.7. The number of aliphatic hydroxyl groups is 1. The molecule has 0 spiro atoms. The maximum Gasteiger partial charge on any atom is 0.352 e. The molecule has 0 saturated carbocycles. The zero-order chi connectivity index (χ0) is 30.0. The number of carboxylic acids is 1. The molecule has 5 heterocycles. The number of nitrogens with zero attached hydrogens (tertiary/aromatic N) is 7. The number of aliphatic carboxylic acids is 1. The lowest BCUT2D eigenvalue weighted by Crippen LogP contribution is -2.71. The molecule has 5 rings (SSSR count). The van der Waals surface area contributed by atoms with Gasteiger partial charge in [-0.25, -0.2) is 9.36 Å². The molecule has 42 heavy (non-hydrogen) atoms. The lowest BCUT2D eigenvalue weighted by atomic mass is 10.0. The molecule has 222 valence electrons. The van der Waals surface area contributed by atoms with Crippen molar-refractivity contribution in [3.8, 4) is 0 Å². The van der Waals surface area contributed by atoms with Gasteiger partial charge in [0.2, 0.25) is 17.9 Å². The Balaban J connectivity index is 1.35. The van der Waals surface area contributed by atoms with Crippen molar-refractivity contribution in [1.29, 1.82) is 0 Å². The first-order valence-electron chi connectivity index (χ1n) is 12.9. The summed E-state index contributed by atoms with van der Waals surface area (Å²) in [4.78, 5) is 53.4. The Kier molecular flexibility index (Phi) is 8.66. The fourth-order valence-electron chi connectivity index (χ4n) is 4.66. The summed E-state index contributed by atoms with van der Waals surface area (Å²) in [6.45, 7) is 2.73. The number of carbonyl (C=O) groups excluding carboxylic acids is 2. The Morgan fingerprint density at radius 3 is 2.90 bits per heavy atom. The molecule has 0 bridgehead atoms. The number of pyridine rings is 1. The van der Waals surface area contributed by atoms with Crippen LogP contribution in [0.15, 0.2) is 41.1 Å². The first-order valence-corrected chi connectivity index (χ1v) is 14.8. The van der Waals surface area contributed by atoms with Crippen molar-refractivity contribution >= 4 is 63.1 Å². The third kappa shape index (κ3) is 5.65. The molecule has 3 aromatic heterocycles. The van der Waals surface area contributed by atoms with E-state index in [-0.39, 0.29) is 42.1 Å². The smallest absolute Gasteiger partial charge is 0.352 e. The van der Waals surface area contributed by atoms with Crippen molar-refractivity contribution in [3.63, 3.8) is 0 Å². The number of aliphatic hydroxyl groups excluding tert-OH is 1. The molecule has 3 atom stereocenters. The molecular formula is C24H29N10O6S2+. The highest BCUT2D eigenvalue weighted by atomic mass is 32.2. The van der Waals surface area contributed by atoms with E-state index in [4.69, 9.17) is 16.3 Å². The molecule has 2 aliphatic rings. The minimum atomic E-state index is -1.25. The molecule has 7 N–H and O–H groups in total. The summed E-state index contributed by atoms with van der Waals surface area (Å²) in [6.07, 6.45) is 3.29. The van der Waals surface area contributed by atoms with Gasteiger partial charge in [0.05, 0.1) is 12.3 Å². The summed E-state index contributed by atoms with van der Waals surface area (Å²) >= 11 is 2.22. The predicted octanol–water partition coefficient (Wildman–Crippen LogP) is -1.35. The number of nitrogens with two attached hydrogens (primary N) is 2. The van der Waals surface area contributed by atoms with E-state index in [2.05, 4.69) is 24.8 Å². The van der Waals surface area contributed by atoms with Gasteiger partial charge in [-0.1, -0.05) is 5.16 Å². The third-order valence-electron chi connectivity index (χ3n) is 6.68. The zero-order valence-corrected chi connectivity index (χ0v) is 24.0. The van der Waals surface area contributed by atoms with Crippen molar-refractivity contribution in [1.82, 2.24) is 29.1 Å². The van der Waals surface area contributed by atoms with Crippen LogP contribution in [-0.4, -0.2) is 93.9 Å². The van der Waals surface area contributed by atoms with Gasteiger partial charge in [-0.2, -0.15) is 9.36 Å². The average molecular weight is 618 g/mol. The van der Waals surface area contributed by atoms with E-state index in [0.717, 1.165) is 17.0 Å². The number of hydrogen-bond donors (Lipinski definition) is 5. The highest BCUT2D eigenvalue weighted by molar-refractivity contribution is 8.00. The van der Waals surface area contributed by atoms with Crippen LogP contribution in [0.2, 0.25) is 0 Å². The van der Waals surface area contributed by atoms with Crippen LogP contribution in [0.4, 0.5) is 5.13 Å². The Bertz CT molecular complexity index is 1590. The number of anilines is 1. The van der Waals surface area contributed by atoms with Gasteiger partial charge in [0.25, 0.3) is 11.8 Å². The molecule has 16 nitrogen and oxygen atoms in total. The number of fused-ring (bicyclic) bond motifs is 2. The number of oxime groups is 1. The van der Waals surface area contributed by atoms with Gasteiger partial charge in [-0.05, 0) is 30.5 Å². The first-order chi connectivity index (χ1) is 20.2. The Morgan fingerprint density at radius 1 is 1.40 bits per heavy atom. The molecule has 2 amide bonds. The van der Waals surface area contributed by atoms with Crippen molar-refractivity contribution < 1.29 is 34.0 Å². The Hall–Kier alpha value is -4.13. The van der Waals surface area contributed by atoms with Gasteiger partial charge in [-0.3, -0.25) is 14.5 Å². The molecular weight excluding hydrogens is 588 g/mol. The van der Waals surface area contributed by atoms with Crippen molar-refractivity contribution in [3.05, 3.63) is 41.8 Å². The number of amides is 2. The van der Waals surface area contributed by atoms with E-state index in [1.165, 1.54) is 16.7 Å². The second-order valence-electron chi connectivity index (χ2n) is 9.39. The van der Waals surface area contributed by atoms with Gasteiger partial charge < -0.3 is 36.4 Å². The van der Waals surface area contributed by atoms with Crippen LogP contribution in [0, 0.1) is 0 Å². The molecule has 18 heteroatoms. The summed E-state index contributed by atoms with van der Waals surface area (Å²) < 4.78 is 7.71. The fourth-order valence-corrected chi connectivity index (χ4v) is 6.43. The maximum absolute atomic E-state index is 13.2. The van der Waals surface area contributed by atoms with Crippen LogP contribution in [0.3, 0.4) is 0 Å². The van der Waals surface area contributed by atoms with E-state index >= 15 is 0 Å². The van der Waals surface area contributed by atoms with E-state index < -0.39 is 35.3 Å². The molecule has 0 radical (unpaired) electrons. The quantitative estimate of drug-likeness (QED) is 0.0688. The minimum absolute atomic E-state index is 0.0408. The number of imidazole rings is 1. The molecule has 2 aliphatic heterocycles. The Labute approximate surface area is 247 Å². The lowest BCUT2D eigenvalue weighted by Gasteiger charge is -2.49. The van der Waals surface area contributed by atoms with Crippen LogP contribution < -0.4 is 21.4 Å². The van der Waals surface area contributed by atoms with Crippen LogP contribution >= 0.6 is 23.3 Å². The van der Waals surface area contributed by atoms with Crippen LogP contribution in [-0.2, 0) is 32.3 Å². The first kappa shape index (κ1) is 29.4. The van der Waals surface area contributed by atoms with Gasteiger partial charge in [0.1, 0.15) is 35.8 Å². The van der Waals surface area contributed by atoms with Crippen molar-refractivity contribution in [2.45, 2.75) is 44.0 Å². The van der Waals surface area contributed by atoms with E-state index in [0.29, 0.717) is 29.9 Å². The number of carbonyl (C=O) groups is 3. The highest BCUT2D eigenvalue weighted by Crippen LogP contribution is 2.40. The number of nitrogen functional groups attached to an aromatic ring is 1. The number of β-lactam (4-membered cyclic amide) rings is 1. The second-order valence-corrected chi connectivity index (χ2v) is 11.3. The molecule has 1 fully saturated rings. The zero-order valence-electron chi connectivity index (χ0n) is 22.4. The molecule has 3 aromatic rings. The van der Waals surface area contributed by atoms with Crippen molar-refractivity contribution in [2.75, 3.05) is 24.6 Å². The van der Waals surface area contributed by atoms with Crippen molar-refractivity contribution in [2.24, 2.45) is 10.9 Å². The number of aryl methyl sites for hydroxylation is 1. The lowest BCUT2D eigenvalue weighted by molar-refractivity contribution is -0.664. The fraction of sp³-hybridized carbons (Fsp3) is 0.417. The number of carboxylic acid groups (broad SMARTS) is 1. The van der Waals surface area contributed by atoms with E-state index in [1.54, 1.807) is 19.4 Å². The van der Waals surface area contributed by atoms with Crippen LogP contribution in [0.5, 0.6) is 0 Å². The molecule has 0 aromatic carbocycles. The normalized spacial score (nSPS) is 19.5. The SMILES string of the molecule is CCO/N=C(/C(=O)NC1C(=O)N2C(C(=O)O)=C(C[n+]3cccc4c3ncn4CCC(O)CN)CSC12)c1nsc(N)n1. The largest absolute Gasteiger partial charge is 0.477 e. The van der Waals surface area contributed by atoms with Gasteiger partial charge >= 0.3 is 11.6 Å². The summed E-state index contributed by atoms with van der Waals surface area (Å²) in [5.74, 6) is -2.30. The predicted molar refractivity (Wildman–Crippen MR) is 152 cm³/mol. The van der Waals surface area contributed by atoms with E-state index in [1.807, 2.05) is 21.3 Å². The summed E-state index contributed by atoms with van der Waals surface area (Å²) in [7, 11) is 0. The molecule has 1 saturated heterocycles. The monoisotopic (exact) mass is 617 g/mol. The summed E-state index contributed by atoms with van der Waals surface area (Å²) in [6, 6.07) is 2.72. The number of aromatic nitrogens is 5. The average Bonchev–Trinajstić information content (AvgIpc) is 3.60. The standard InChI is InChI=1S/C24H28N10O6S2/c1-2-40-30-15(18-29-24(26)42-31-18)20(36)28-16-21(37)34-17(23(38)39)12(10-41-22(16)34)9-32-6-3-4-14-19(32)27-11-33(14)7-5-13(35)8-25/h3-4,6,11,13,16,22,35H,2,5,7-10,25H2,1H3,(H3-,26,28,29,31,36,38,39)/p+1/b30-15+. The van der Waals surface area contributed by atoms with Crippen LogP contribution in [0.1, 0.15) is 19.2 Å². The van der Waals surface area contributed by atoms with Gasteiger partial charge in [-0.15, -0.1) is 11.8 Å². The number of hydrogen-bond acceptors (Lipinski definition) is 13. The molecule has 3 unspecified atom stereocenters.